The van der Waals surface area contributed by atoms with Gasteiger partial charge in [0.1, 0.15) is 12.1 Å². The zero-order valence-electron chi connectivity index (χ0n) is 14.1. The van der Waals surface area contributed by atoms with Gasteiger partial charge in [-0.15, -0.1) is 6.58 Å². The Labute approximate surface area is 134 Å². The molecule has 22 heavy (non-hydrogen) atoms. The van der Waals surface area contributed by atoms with Crippen LogP contribution in [0.15, 0.2) is 12.7 Å². The number of esters is 1. The van der Waals surface area contributed by atoms with Gasteiger partial charge in [-0.2, -0.15) is 0 Å². The minimum Gasteiger partial charge on any atom is -0.467 e. The van der Waals surface area contributed by atoms with Crippen molar-refractivity contribution in [3.63, 3.8) is 0 Å². The summed E-state index contributed by atoms with van der Waals surface area (Å²) in [5, 5.41) is 12.4. The third kappa shape index (κ3) is 9.55. The number of aliphatic hydroxyl groups excluding tert-OH is 1. The van der Waals surface area contributed by atoms with E-state index in [1.807, 2.05) is 19.9 Å². The van der Waals surface area contributed by atoms with E-state index in [1.165, 1.54) is 7.11 Å². The highest BCUT2D eigenvalue weighted by molar-refractivity contribution is 5.86. The quantitative estimate of drug-likeness (QED) is 0.330. The number of amides is 1. The summed E-state index contributed by atoms with van der Waals surface area (Å²) in [6.45, 7) is 7.53. The van der Waals surface area contributed by atoms with Gasteiger partial charge in [-0.1, -0.05) is 39.2 Å². The first-order chi connectivity index (χ1) is 10.4. The van der Waals surface area contributed by atoms with Crippen LogP contribution in [0.25, 0.3) is 0 Å². The zero-order valence-corrected chi connectivity index (χ0v) is 14.1. The lowest BCUT2D eigenvalue weighted by atomic mass is 10.0. The van der Waals surface area contributed by atoms with Gasteiger partial charge >= 0.3 is 5.97 Å². The molecule has 0 rings (SSSR count). The molecule has 0 spiro atoms. The summed E-state index contributed by atoms with van der Waals surface area (Å²) >= 11 is 0. The largest absolute Gasteiger partial charge is 0.467 e. The van der Waals surface area contributed by atoms with E-state index in [-0.39, 0.29) is 5.92 Å². The van der Waals surface area contributed by atoms with Crippen LogP contribution in [0.2, 0.25) is 0 Å². The molecule has 0 unspecified atom stereocenters. The van der Waals surface area contributed by atoms with Gasteiger partial charge in [0.2, 0.25) is 5.91 Å². The van der Waals surface area contributed by atoms with Crippen LogP contribution in [-0.4, -0.2) is 36.2 Å². The molecule has 128 valence electrons. The van der Waals surface area contributed by atoms with E-state index in [2.05, 4.69) is 11.9 Å². The maximum Gasteiger partial charge on any atom is 0.328 e. The molecule has 0 aliphatic rings. The summed E-state index contributed by atoms with van der Waals surface area (Å²) in [5.41, 5.74) is 0. The predicted octanol–water partition coefficient (Wildman–Crippen LogP) is 2.58. The monoisotopic (exact) mass is 313 g/mol. The molecule has 0 aliphatic heterocycles. The van der Waals surface area contributed by atoms with Gasteiger partial charge in [0.05, 0.1) is 7.11 Å². The lowest BCUT2D eigenvalue weighted by Gasteiger charge is -2.19. The van der Waals surface area contributed by atoms with E-state index in [9.17, 15) is 14.7 Å². The maximum atomic E-state index is 11.9. The second-order valence-electron chi connectivity index (χ2n) is 6.01. The Kier molecular flexibility index (Phi) is 11.5. The van der Waals surface area contributed by atoms with Crippen LogP contribution >= 0.6 is 0 Å². The van der Waals surface area contributed by atoms with Crippen LogP contribution in [0.4, 0.5) is 0 Å². The molecule has 0 saturated carbocycles. The molecule has 5 heteroatoms. The summed E-state index contributed by atoms with van der Waals surface area (Å²) in [5.74, 6) is -0.755. The normalized spacial score (nSPS) is 13.5. The van der Waals surface area contributed by atoms with Crippen molar-refractivity contribution < 1.29 is 19.4 Å². The van der Waals surface area contributed by atoms with Gasteiger partial charge in [0.25, 0.3) is 0 Å². The Morgan fingerprint density at radius 1 is 1.23 bits per heavy atom. The van der Waals surface area contributed by atoms with Gasteiger partial charge in [-0.05, 0) is 31.6 Å². The molecule has 0 bridgehead atoms. The fraction of sp³-hybridized carbons (Fsp3) is 0.765. The fourth-order valence-electron chi connectivity index (χ4n) is 2.20. The molecule has 1 amide bonds. The Morgan fingerprint density at radius 2 is 1.86 bits per heavy atom. The van der Waals surface area contributed by atoms with Crippen molar-refractivity contribution in [1.29, 1.82) is 0 Å². The average molecular weight is 313 g/mol. The number of ether oxygens (including phenoxy) is 1. The molecule has 5 nitrogen and oxygen atoms in total. The highest BCUT2D eigenvalue weighted by Gasteiger charge is 2.24. The standard InChI is InChI=1S/C17H31NO4/c1-5-6-7-8-9-10-11-14(17(21)22-4)18-16(20)15(19)12-13(2)3/h5,13-15,19H,1,6-12H2,2-4H3,(H,18,20)/t14-,15-/m1/s1. The molecule has 0 heterocycles. The van der Waals surface area contributed by atoms with E-state index in [0.717, 1.165) is 32.1 Å². The molecule has 0 radical (unpaired) electrons. The van der Waals surface area contributed by atoms with Crippen molar-refractivity contribution >= 4 is 11.9 Å². The van der Waals surface area contributed by atoms with E-state index >= 15 is 0 Å². The van der Waals surface area contributed by atoms with E-state index in [4.69, 9.17) is 4.74 Å². The summed E-state index contributed by atoms with van der Waals surface area (Å²) in [4.78, 5) is 23.6. The van der Waals surface area contributed by atoms with Crippen molar-refractivity contribution in [2.45, 2.75) is 70.9 Å². The second-order valence-corrected chi connectivity index (χ2v) is 6.01. The zero-order chi connectivity index (χ0) is 17.0. The number of methoxy groups -OCH3 is 1. The smallest absolute Gasteiger partial charge is 0.328 e. The molecular formula is C17H31NO4. The Morgan fingerprint density at radius 3 is 2.41 bits per heavy atom. The number of nitrogens with one attached hydrogen (secondary N) is 1. The number of carbonyl (C=O) groups excluding carboxylic acids is 2. The average Bonchev–Trinajstić information content (AvgIpc) is 2.47. The van der Waals surface area contributed by atoms with Gasteiger partial charge < -0.3 is 15.2 Å². The Balaban J connectivity index is 4.25. The minimum atomic E-state index is -1.08. The topological polar surface area (TPSA) is 75.6 Å². The molecule has 0 aromatic heterocycles. The van der Waals surface area contributed by atoms with Crippen LogP contribution in [0.1, 0.15) is 58.8 Å². The van der Waals surface area contributed by atoms with Crippen LogP contribution in [0, 0.1) is 5.92 Å². The molecule has 0 aliphatic carbocycles. The van der Waals surface area contributed by atoms with Crippen LogP contribution in [-0.2, 0) is 14.3 Å². The Hall–Kier alpha value is -1.36. The maximum absolute atomic E-state index is 11.9. The first kappa shape index (κ1) is 20.6. The van der Waals surface area contributed by atoms with Crippen molar-refractivity contribution in [3.05, 3.63) is 12.7 Å². The van der Waals surface area contributed by atoms with Crippen LogP contribution < -0.4 is 5.32 Å². The SMILES string of the molecule is C=CCCCCCC[C@@H](NC(=O)[C@H](O)CC(C)C)C(=O)OC. The lowest BCUT2D eigenvalue weighted by Crippen LogP contribution is -2.46. The number of carbonyl (C=O) groups is 2. The minimum absolute atomic E-state index is 0.210. The second kappa shape index (κ2) is 12.2. The lowest BCUT2D eigenvalue weighted by molar-refractivity contribution is -0.146. The van der Waals surface area contributed by atoms with Crippen molar-refractivity contribution in [3.8, 4) is 0 Å². The van der Waals surface area contributed by atoms with Crippen molar-refractivity contribution in [1.82, 2.24) is 5.32 Å². The number of hydrogen-bond donors (Lipinski definition) is 2. The first-order valence-corrected chi connectivity index (χ1v) is 8.09. The highest BCUT2D eigenvalue weighted by atomic mass is 16.5. The molecule has 0 fully saturated rings. The third-order valence-electron chi connectivity index (χ3n) is 3.45. The third-order valence-corrected chi connectivity index (χ3v) is 3.45. The van der Waals surface area contributed by atoms with Crippen molar-refractivity contribution in [2.75, 3.05) is 7.11 Å². The molecule has 0 aromatic rings. The number of allylic oxidation sites excluding steroid dienone is 1. The number of rotatable bonds is 12. The fourth-order valence-corrected chi connectivity index (χ4v) is 2.20. The number of unbranched alkanes of at least 4 members (excludes halogenated alkanes) is 4. The van der Waals surface area contributed by atoms with Crippen LogP contribution in [0.5, 0.6) is 0 Å². The first-order valence-electron chi connectivity index (χ1n) is 8.09. The number of hydrogen-bond acceptors (Lipinski definition) is 4. The van der Waals surface area contributed by atoms with E-state index in [0.29, 0.717) is 12.8 Å². The summed E-state index contributed by atoms with van der Waals surface area (Å²) in [7, 11) is 1.30. The molecule has 2 atom stereocenters. The van der Waals surface area contributed by atoms with Gasteiger partial charge in [0.15, 0.2) is 0 Å². The molecule has 0 aromatic carbocycles. The molecule has 0 saturated heterocycles. The van der Waals surface area contributed by atoms with E-state index < -0.39 is 24.0 Å². The highest BCUT2D eigenvalue weighted by Crippen LogP contribution is 2.10. The molecule has 2 N–H and O–H groups in total. The number of aliphatic hydroxyl groups is 1. The van der Waals surface area contributed by atoms with Gasteiger partial charge in [-0.3, -0.25) is 4.79 Å². The Bertz CT molecular complexity index is 342. The van der Waals surface area contributed by atoms with E-state index in [1.54, 1.807) is 0 Å². The van der Waals surface area contributed by atoms with Crippen molar-refractivity contribution in [2.24, 2.45) is 5.92 Å². The van der Waals surface area contributed by atoms with Gasteiger partial charge in [0, 0.05) is 0 Å². The molecular weight excluding hydrogens is 282 g/mol. The predicted molar refractivity (Wildman–Crippen MR) is 87.3 cm³/mol. The summed E-state index contributed by atoms with van der Waals surface area (Å²) in [6, 6.07) is -0.682. The summed E-state index contributed by atoms with van der Waals surface area (Å²) in [6.07, 6.45) is 6.70. The van der Waals surface area contributed by atoms with Gasteiger partial charge in [-0.25, -0.2) is 4.79 Å². The van der Waals surface area contributed by atoms with Crippen LogP contribution in [0.3, 0.4) is 0 Å². The summed E-state index contributed by atoms with van der Waals surface area (Å²) < 4.78 is 4.72.